The monoisotopic (exact) mass is 356 g/mol. The average Bonchev–Trinajstić information content (AvgIpc) is 2.44. The standard InChI is InChI=1S/C15H21BrN2O3/c1-4-15(5-2,13(19)20)17-14(21)18(3)10-11-7-6-8-12(16)9-11/h6-9H,4-5,10H2,1-3H3,(H,17,21)(H,19,20). The number of carboxylic acids is 1. The molecule has 0 unspecified atom stereocenters. The van der Waals surface area contributed by atoms with E-state index in [0.717, 1.165) is 10.0 Å². The van der Waals surface area contributed by atoms with Gasteiger partial charge in [0.1, 0.15) is 5.54 Å². The number of hydrogen-bond acceptors (Lipinski definition) is 2. The van der Waals surface area contributed by atoms with Crippen LogP contribution in [0, 0.1) is 0 Å². The topological polar surface area (TPSA) is 69.6 Å². The summed E-state index contributed by atoms with van der Waals surface area (Å²) in [4.78, 5) is 25.1. The number of rotatable bonds is 6. The molecule has 0 radical (unpaired) electrons. The summed E-state index contributed by atoms with van der Waals surface area (Å²) in [6.45, 7) is 3.92. The minimum Gasteiger partial charge on any atom is -0.480 e. The van der Waals surface area contributed by atoms with Gasteiger partial charge in [-0.2, -0.15) is 0 Å². The Kier molecular flexibility index (Phi) is 6.20. The van der Waals surface area contributed by atoms with Crippen molar-refractivity contribution in [2.75, 3.05) is 7.05 Å². The molecule has 0 fully saturated rings. The molecule has 5 nitrogen and oxygen atoms in total. The van der Waals surface area contributed by atoms with Crippen LogP contribution < -0.4 is 5.32 Å². The molecule has 0 atom stereocenters. The molecule has 0 spiro atoms. The van der Waals surface area contributed by atoms with Crippen LogP contribution in [0.25, 0.3) is 0 Å². The zero-order valence-corrected chi connectivity index (χ0v) is 14.1. The van der Waals surface area contributed by atoms with Gasteiger partial charge in [-0.15, -0.1) is 0 Å². The largest absolute Gasteiger partial charge is 0.480 e. The first-order valence-corrected chi connectivity index (χ1v) is 7.65. The second-order valence-electron chi connectivity index (χ2n) is 5.01. The number of nitrogens with one attached hydrogen (secondary N) is 1. The van der Waals surface area contributed by atoms with Gasteiger partial charge in [-0.05, 0) is 30.5 Å². The smallest absolute Gasteiger partial charge is 0.329 e. The lowest BCUT2D eigenvalue weighted by Gasteiger charge is -2.30. The first kappa shape index (κ1) is 17.5. The van der Waals surface area contributed by atoms with Crippen molar-refractivity contribution in [3.05, 3.63) is 34.3 Å². The fourth-order valence-corrected chi connectivity index (χ4v) is 2.51. The Hall–Kier alpha value is -1.56. The molecule has 6 heteroatoms. The Bertz CT molecular complexity index is 515. The third-order valence-electron chi connectivity index (χ3n) is 3.62. The Morgan fingerprint density at radius 3 is 2.43 bits per heavy atom. The van der Waals surface area contributed by atoms with Crippen molar-refractivity contribution in [1.82, 2.24) is 10.2 Å². The van der Waals surface area contributed by atoms with Crippen LogP contribution in [-0.2, 0) is 11.3 Å². The summed E-state index contributed by atoms with van der Waals surface area (Å²) in [5, 5.41) is 12.0. The lowest BCUT2D eigenvalue weighted by molar-refractivity contribution is -0.144. The molecule has 21 heavy (non-hydrogen) atoms. The van der Waals surface area contributed by atoms with Crippen molar-refractivity contribution in [2.45, 2.75) is 38.8 Å². The Balaban J connectivity index is 2.76. The van der Waals surface area contributed by atoms with Crippen molar-refractivity contribution < 1.29 is 14.7 Å². The van der Waals surface area contributed by atoms with Crippen LogP contribution in [0.5, 0.6) is 0 Å². The third kappa shape index (κ3) is 4.46. The second-order valence-corrected chi connectivity index (χ2v) is 5.93. The highest BCUT2D eigenvalue weighted by Crippen LogP contribution is 2.17. The molecule has 0 aliphatic heterocycles. The van der Waals surface area contributed by atoms with Gasteiger partial charge in [-0.1, -0.05) is 41.9 Å². The predicted molar refractivity (Wildman–Crippen MR) is 85.1 cm³/mol. The maximum Gasteiger partial charge on any atom is 0.329 e. The van der Waals surface area contributed by atoms with Crippen molar-refractivity contribution in [2.24, 2.45) is 0 Å². The van der Waals surface area contributed by atoms with E-state index in [1.54, 1.807) is 20.9 Å². The first-order valence-electron chi connectivity index (χ1n) is 6.85. The van der Waals surface area contributed by atoms with Gasteiger partial charge in [-0.25, -0.2) is 9.59 Å². The highest BCUT2D eigenvalue weighted by Gasteiger charge is 2.37. The summed E-state index contributed by atoms with van der Waals surface area (Å²) in [5.74, 6) is -1.00. The van der Waals surface area contributed by atoms with E-state index in [-0.39, 0.29) is 6.03 Å². The number of hydrogen-bond donors (Lipinski definition) is 2. The molecule has 0 aromatic heterocycles. The molecule has 0 heterocycles. The van der Waals surface area contributed by atoms with Crippen molar-refractivity contribution in [3.63, 3.8) is 0 Å². The van der Waals surface area contributed by atoms with E-state index in [9.17, 15) is 14.7 Å². The van der Waals surface area contributed by atoms with Gasteiger partial charge in [0.05, 0.1) is 0 Å². The van der Waals surface area contributed by atoms with Gasteiger partial charge in [0.2, 0.25) is 0 Å². The van der Waals surface area contributed by atoms with Gasteiger partial charge in [0, 0.05) is 18.1 Å². The molecule has 0 aliphatic carbocycles. The second kappa shape index (κ2) is 7.45. The van der Waals surface area contributed by atoms with Crippen LogP contribution in [0.4, 0.5) is 4.79 Å². The van der Waals surface area contributed by atoms with Crippen molar-refractivity contribution >= 4 is 27.9 Å². The minimum absolute atomic E-state index is 0.343. The molecule has 0 bridgehead atoms. The number of carbonyl (C=O) groups excluding carboxylic acids is 1. The molecule has 1 aromatic rings. The van der Waals surface area contributed by atoms with Crippen LogP contribution >= 0.6 is 15.9 Å². The molecule has 0 aliphatic rings. The SMILES string of the molecule is CCC(CC)(NC(=O)N(C)Cc1cccc(Br)c1)C(=O)O. The lowest BCUT2D eigenvalue weighted by Crippen LogP contribution is -2.56. The zero-order valence-electron chi connectivity index (χ0n) is 12.5. The fraction of sp³-hybridized carbons (Fsp3) is 0.467. The van der Waals surface area contributed by atoms with Crippen molar-refractivity contribution in [1.29, 1.82) is 0 Å². The van der Waals surface area contributed by atoms with E-state index in [0.29, 0.717) is 19.4 Å². The molecule has 1 rings (SSSR count). The Labute approximate surface area is 133 Å². The zero-order chi connectivity index (χ0) is 16.0. The highest BCUT2D eigenvalue weighted by molar-refractivity contribution is 9.10. The van der Waals surface area contributed by atoms with E-state index in [1.165, 1.54) is 4.90 Å². The number of urea groups is 1. The third-order valence-corrected chi connectivity index (χ3v) is 4.11. The average molecular weight is 357 g/mol. The molecule has 0 saturated heterocycles. The highest BCUT2D eigenvalue weighted by atomic mass is 79.9. The predicted octanol–water partition coefficient (Wildman–Crippen LogP) is 3.23. The minimum atomic E-state index is -1.21. The molecule has 2 N–H and O–H groups in total. The van der Waals surface area contributed by atoms with Crippen molar-refractivity contribution in [3.8, 4) is 0 Å². The van der Waals surface area contributed by atoms with Gasteiger partial charge in [0.25, 0.3) is 0 Å². The van der Waals surface area contributed by atoms with E-state index >= 15 is 0 Å². The lowest BCUT2D eigenvalue weighted by atomic mass is 9.93. The summed E-state index contributed by atoms with van der Waals surface area (Å²) in [5.41, 5.74) is -0.237. The summed E-state index contributed by atoms with van der Waals surface area (Å²) in [6.07, 6.45) is 0.685. The number of halogens is 1. The number of carboxylic acid groups (broad SMARTS) is 1. The van der Waals surface area contributed by atoms with Crippen LogP contribution in [-0.4, -0.2) is 34.6 Å². The maximum atomic E-state index is 12.2. The summed E-state index contributed by atoms with van der Waals surface area (Å²) >= 11 is 3.38. The Morgan fingerprint density at radius 1 is 1.33 bits per heavy atom. The van der Waals surface area contributed by atoms with E-state index in [4.69, 9.17) is 0 Å². The van der Waals surface area contributed by atoms with Crippen LogP contribution in [0.2, 0.25) is 0 Å². The quantitative estimate of drug-likeness (QED) is 0.821. The molecular weight excluding hydrogens is 336 g/mol. The van der Waals surface area contributed by atoms with E-state index < -0.39 is 11.5 Å². The van der Waals surface area contributed by atoms with Crippen LogP contribution in [0.1, 0.15) is 32.3 Å². The summed E-state index contributed by atoms with van der Waals surface area (Å²) < 4.78 is 0.941. The number of amides is 2. The molecule has 0 saturated carbocycles. The molecule has 116 valence electrons. The normalized spacial score (nSPS) is 11.0. The van der Waals surface area contributed by atoms with Gasteiger partial charge < -0.3 is 15.3 Å². The maximum absolute atomic E-state index is 12.2. The number of aliphatic carboxylic acids is 1. The molecular formula is C15H21BrN2O3. The van der Waals surface area contributed by atoms with E-state index in [2.05, 4.69) is 21.2 Å². The summed E-state index contributed by atoms with van der Waals surface area (Å²) in [6, 6.07) is 7.26. The Morgan fingerprint density at radius 2 is 1.95 bits per heavy atom. The van der Waals surface area contributed by atoms with Crippen LogP contribution in [0.15, 0.2) is 28.7 Å². The number of benzene rings is 1. The number of carbonyl (C=O) groups is 2. The molecule has 1 aromatic carbocycles. The number of nitrogens with zero attached hydrogens (tertiary/aromatic N) is 1. The fourth-order valence-electron chi connectivity index (χ4n) is 2.06. The van der Waals surface area contributed by atoms with Gasteiger partial charge in [0.15, 0.2) is 0 Å². The van der Waals surface area contributed by atoms with Gasteiger partial charge >= 0.3 is 12.0 Å². The summed E-state index contributed by atoms with van der Waals surface area (Å²) in [7, 11) is 1.65. The molecule has 2 amide bonds. The van der Waals surface area contributed by atoms with Crippen LogP contribution in [0.3, 0.4) is 0 Å². The first-order chi connectivity index (χ1) is 9.84. The van der Waals surface area contributed by atoms with E-state index in [1.807, 2.05) is 24.3 Å². The van der Waals surface area contributed by atoms with Gasteiger partial charge in [-0.3, -0.25) is 0 Å².